The number of hydrogen-bond donors (Lipinski definition) is 1. The van der Waals surface area contributed by atoms with Gasteiger partial charge in [0.1, 0.15) is 0 Å². The topological polar surface area (TPSA) is 85.6 Å². The Morgan fingerprint density at radius 2 is 1.78 bits per heavy atom. The largest absolute Gasteiger partial charge is 0.350 e. The van der Waals surface area contributed by atoms with E-state index in [0.29, 0.717) is 24.2 Å². The third-order valence-electron chi connectivity index (χ3n) is 4.30. The number of nitrogens with zero attached hydrogens (tertiary/aromatic N) is 5. The van der Waals surface area contributed by atoms with Crippen molar-refractivity contribution in [2.45, 2.75) is 13.5 Å². The van der Waals surface area contributed by atoms with E-state index < -0.39 is 0 Å². The van der Waals surface area contributed by atoms with Crippen molar-refractivity contribution in [2.75, 3.05) is 6.54 Å². The molecule has 7 nitrogen and oxygen atoms in total. The molecule has 0 atom stereocenters. The maximum atomic E-state index is 12.4. The number of fused-ring (bicyclic) bond motifs is 1. The molecule has 0 aliphatic rings. The molecular formula is C20H18N6O. The number of benzene rings is 1. The number of carbonyl (C=O) groups excluding carboxylic acids is 1. The second-order valence-electron chi connectivity index (χ2n) is 6.15. The van der Waals surface area contributed by atoms with E-state index in [1.165, 1.54) is 0 Å². The van der Waals surface area contributed by atoms with Crippen LogP contribution >= 0.6 is 0 Å². The Morgan fingerprint density at radius 3 is 2.59 bits per heavy atom. The van der Waals surface area contributed by atoms with Gasteiger partial charge in [0.05, 0.1) is 23.3 Å². The van der Waals surface area contributed by atoms with Crippen LogP contribution in [0.1, 0.15) is 16.1 Å². The first-order chi connectivity index (χ1) is 13.2. The second-order valence-corrected chi connectivity index (χ2v) is 6.15. The van der Waals surface area contributed by atoms with E-state index in [1.807, 2.05) is 29.8 Å². The summed E-state index contributed by atoms with van der Waals surface area (Å²) in [5.74, 6) is -0.137. The molecule has 4 rings (SSSR count). The zero-order valence-corrected chi connectivity index (χ0v) is 14.8. The molecule has 3 heterocycles. The van der Waals surface area contributed by atoms with E-state index in [2.05, 4.69) is 25.4 Å². The molecule has 27 heavy (non-hydrogen) atoms. The lowest BCUT2D eigenvalue weighted by atomic mass is 10.2. The van der Waals surface area contributed by atoms with Gasteiger partial charge in [-0.25, -0.2) is 0 Å². The molecule has 4 aromatic rings. The molecule has 0 saturated carbocycles. The highest BCUT2D eigenvalue weighted by molar-refractivity contribution is 5.97. The van der Waals surface area contributed by atoms with Gasteiger partial charge in [0.2, 0.25) is 0 Å². The number of amides is 1. The van der Waals surface area contributed by atoms with Crippen LogP contribution in [0.3, 0.4) is 0 Å². The van der Waals surface area contributed by atoms with Gasteiger partial charge in [-0.05, 0) is 43.3 Å². The molecule has 1 aromatic carbocycles. The molecule has 7 heteroatoms. The van der Waals surface area contributed by atoms with Crippen LogP contribution < -0.4 is 5.32 Å². The van der Waals surface area contributed by atoms with Crippen molar-refractivity contribution in [1.82, 2.24) is 30.0 Å². The van der Waals surface area contributed by atoms with E-state index >= 15 is 0 Å². The average Bonchev–Trinajstić information content (AvgIpc) is 3.09. The fourth-order valence-corrected chi connectivity index (χ4v) is 2.88. The van der Waals surface area contributed by atoms with Crippen LogP contribution in [0, 0.1) is 6.92 Å². The van der Waals surface area contributed by atoms with Crippen molar-refractivity contribution < 1.29 is 4.79 Å². The van der Waals surface area contributed by atoms with Gasteiger partial charge in [-0.15, -0.1) is 0 Å². The first-order valence-corrected chi connectivity index (χ1v) is 8.64. The van der Waals surface area contributed by atoms with Crippen LogP contribution in [-0.2, 0) is 6.54 Å². The number of aromatic nitrogens is 5. The number of rotatable bonds is 5. The Labute approximate surface area is 156 Å². The van der Waals surface area contributed by atoms with Crippen LogP contribution in [-0.4, -0.2) is 37.2 Å². The molecule has 0 aliphatic heterocycles. The quantitative estimate of drug-likeness (QED) is 0.593. The van der Waals surface area contributed by atoms with E-state index in [9.17, 15) is 4.79 Å². The number of nitrogens with one attached hydrogen (secondary N) is 1. The van der Waals surface area contributed by atoms with Crippen molar-refractivity contribution in [2.24, 2.45) is 0 Å². The standard InChI is InChI=1S/C20H18N6O/c1-14-12-18(15-4-6-21-7-5-15)25-26(14)11-10-24-20(27)16-2-3-17-19(13-16)23-9-8-22-17/h2-9,12-13H,10-11H2,1H3,(H,24,27). The van der Waals surface area contributed by atoms with Gasteiger partial charge in [-0.2, -0.15) is 5.10 Å². The van der Waals surface area contributed by atoms with Crippen molar-refractivity contribution in [3.8, 4) is 11.3 Å². The zero-order valence-electron chi connectivity index (χ0n) is 14.8. The SMILES string of the molecule is Cc1cc(-c2ccncc2)nn1CCNC(=O)c1ccc2nccnc2c1. The van der Waals surface area contributed by atoms with Crippen LogP contribution in [0.15, 0.2) is 61.2 Å². The minimum Gasteiger partial charge on any atom is -0.350 e. The monoisotopic (exact) mass is 358 g/mol. The third-order valence-corrected chi connectivity index (χ3v) is 4.30. The van der Waals surface area contributed by atoms with E-state index in [1.54, 1.807) is 43.0 Å². The van der Waals surface area contributed by atoms with Gasteiger partial charge in [0.15, 0.2) is 0 Å². The van der Waals surface area contributed by atoms with Crippen LogP contribution in [0.25, 0.3) is 22.3 Å². The molecule has 0 bridgehead atoms. The summed E-state index contributed by atoms with van der Waals surface area (Å²) in [7, 11) is 0. The van der Waals surface area contributed by atoms with Crippen molar-refractivity contribution >= 4 is 16.9 Å². The fourth-order valence-electron chi connectivity index (χ4n) is 2.88. The number of carbonyl (C=O) groups is 1. The number of pyridine rings is 1. The molecule has 0 spiro atoms. The number of aryl methyl sites for hydroxylation is 1. The summed E-state index contributed by atoms with van der Waals surface area (Å²) >= 11 is 0. The highest BCUT2D eigenvalue weighted by atomic mass is 16.1. The lowest BCUT2D eigenvalue weighted by molar-refractivity contribution is 0.0952. The molecule has 134 valence electrons. The summed E-state index contributed by atoms with van der Waals surface area (Å²) in [4.78, 5) is 24.9. The van der Waals surface area contributed by atoms with Gasteiger partial charge >= 0.3 is 0 Å². The highest BCUT2D eigenvalue weighted by Crippen LogP contribution is 2.17. The van der Waals surface area contributed by atoms with Crippen LogP contribution in [0.5, 0.6) is 0 Å². The third kappa shape index (κ3) is 3.67. The summed E-state index contributed by atoms with van der Waals surface area (Å²) in [5, 5.41) is 7.54. The Hall–Kier alpha value is -3.61. The molecule has 0 unspecified atom stereocenters. The first kappa shape index (κ1) is 16.8. The smallest absolute Gasteiger partial charge is 0.251 e. The van der Waals surface area contributed by atoms with Gasteiger partial charge in [-0.1, -0.05) is 0 Å². The fraction of sp³-hybridized carbons (Fsp3) is 0.150. The predicted molar refractivity (Wildman–Crippen MR) is 102 cm³/mol. The molecule has 0 saturated heterocycles. The molecule has 0 aliphatic carbocycles. The summed E-state index contributed by atoms with van der Waals surface area (Å²) in [6.45, 7) is 3.08. The van der Waals surface area contributed by atoms with Crippen LogP contribution in [0.4, 0.5) is 0 Å². The normalized spacial score (nSPS) is 10.9. The van der Waals surface area contributed by atoms with Crippen LogP contribution in [0.2, 0.25) is 0 Å². The molecular weight excluding hydrogens is 340 g/mol. The van der Waals surface area contributed by atoms with Gasteiger partial charge in [0, 0.05) is 48.2 Å². The summed E-state index contributed by atoms with van der Waals surface area (Å²) in [6.07, 6.45) is 6.75. The maximum absolute atomic E-state index is 12.4. The van der Waals surface area contributed by atoms with E-state index in [4.69, 9.17) is 0 Å². The van der Waals surface area contributed by atoms with E-state index in [0.717, 1.165) is 22.5 Å². The lowest BCUT2D eigenvalue weighted by Gasteiger charge is -2.07. The van der Waals surface area contributed by atoms with E-state index in [-0.39, 0.29) is 5.91 Å². The number of hydrogen-bond acceptors (Lipinski definition) is 5. The molecule has 3 aromatic heterocycles. The molecule has 1 amide bonds. The zero-order chi connectivity index (χ0) is 18.6. The first-order valence-electron chi connectivity index (χ1n) is 8.64. The Kier molecular flexibility index (Phi) is 4.57. The molecule has 0 fully saturated rings. The highest BCUT2D eigenvalue weighted by Gasteiger charge is 2.09. The van der Waals surface area contributed by atoms with Crippen molar-refractivity contribution in [3.63, 3.8) is 0 Å². The predicted octanol–water partition coefficient (Wildman–Crippen LogP) is 2.63. The van der Waals surface area contributed by atoms with Crippen molar-refractivity contribution in [1.29, 1.82) is 0 Å². The van der Waals surface area contributed by atoms with Gasteiger partial charge in [0.25, 0.3) is 5.91 Å². The molecule has 0 radical (unpaired) electrons. The lowest BCUT2D eigenvalue weighted by Crippen LogP contribution is -2.27. The Morgan fingerprint density at radius 1 is 1.00 bits per heavy atom. The summed E-state index contributed by atoms with van der Waals surface area (Å²) in [6, 6.07) is 11.2. The Balaban J connectivity index is 1.40. The minimum atomic E-state index is -0.137. The summed E-state index contributed by atoms with van der Waals surface area (Å²) in [5.41, 5.74) is 5.00. The minimum absolute atomic E-state index is 0.137. The Bertz CT molecular complexity index is 1090. The average molecular weight is 358 g/mol. The molecule has 1 N–H and O–H groups in total. The van der Waals surface area contributed by atoms with Gasteiger partial charge in [-0.3, -0.25) is 24.4 Å². The second kappa shape index (κ2) is 7.33. The summed E-state index contributed by atoms with van der Waals surface area (Å²) < 4.78 is 1.89. The maximum Gasteiger partial charge on any atom is 0.251 e. The van der Waals surface area contributed by atoms with Crippen molar-refractivity contribution in [3.05, 3.63) is 72.4 Å². The van der Waals surface area contributed by atoms with Gasteiger partial charge < -0.3 is 5.32 Å².